The number of rotatable bonds is 4. The van der Waals surface area contributed by atoms with E-state index < -0.39 is 6.04 Å². The molecule has 1 aliphatic rings. The van der Waals surface area contributed by atoms with Crippen LogP contribution in [0.1, 0.15) is 41.0 Å². The van der Waals surface area contributed by atoms with Gasteiger partial charge < -0.3 is 15.8 Å². The van der Waals surface area contributed by atoms with Crippen LogP contribution in [-0.4, -0.2) is 31.2 Å². The summed E-state index contributed by atoms with van der Waals surface area (Å²) in [4.78, 5) is 11.9. The molecule has 1 rings (SSSR count). The van der Waals surface area contributed by atoms with E-state index in [1.807, 2.05) is 20.8 Å². The Morgan fingerprint density at radius 3 is 2.56 bits per heavy atom. The fourth-order valence-corrected chi connectivity index (χ4v) is 2.35. The van der Waals surface area contributed by atoms with Crippen molar-refractivity contribution in [1.82, 2.24) is 5.32 Å². The molecule has 1 fully saturated rings. The summed E-state index contributed by atoms with van der Waals surface area (Å²) in [5.41, 5.74) is 5.73. The van der Waals surface area contributed by atoms with Crippen LogP contribution in [0, 0.1) is 17.3 Å². The first-order chi connectivity index (χ1) is 8.23. The van der Waals surface area contributed by atoms with Crippen LogP contribution in [0.2, 0.25) is 0 Å². The monoisotopic (exact) mass is 256 g/mol. The van der Waals surface area contributed by atoms with Gasteiger partial charge in [0.1, 0.15) is 0 Å². The molecule has 0 radical (unpaired) electrons. The van der Waals surface area contributed by atoms with Gasteiger partial charge in [-0.25, -0.2) is 0 Å². The van der Waals surface area contributed by atoms with Gasteiger partial charge in [-0.3, -0.25) is 4.79 Å². The first kappa shape index (κ1) is 15.4. The lowest BCUT2D eigenvalue weighted by atomic mass is 9.86. The van der Waals surface area contributed by atoms with E-state index in [2.05, 4.69) is 19.2 Å². The molecule has 0 aromatic rings. The molecular formula is C14H28N2O2. The molecule has 0 aromatic carbocycles. The molecule has 1 heterocycles. The van der Waals surface area contributed by atoms with E-state index in [9.17, 15) is 4.79 Å². The molecule has 0 spiro atoms. The minimum absolute atomic E-state index is 0.0584. The molecule has 1 amide bonds. The average molecular weight is 256 g/mol. The molecule has 4 heteroatoms. The van der Waals surface area contributed by atoms with E-state index in [4.69, 9.17) is 10.5 Å². The number of amides is 1. The van der Waals surface area contributed by atoms with Crippen molar-refractivity contribution in [3.8, 4) is 0 Å². The van der Waals surface area contributed by atoms with Gasteiger partial charge in [-0.1, -0.05) is 34.6 Å². The Kier molecular flexibility index (Phi) is 5.17. The number of ether oxygens (including phenoxy) is 1. The topological polar surface area (TPSA) is 64.3 Å². The molecule has 1 aliphatic heterocycles. The Labute approximate surface area is 111 Å². The number of hydrogen-bond acceptors (Lipinski definition) is 3. The summed E-state index contributed by atoms with van der Waals surface area (Å²) in [5, 5.41) is 2.97. The Hall–Kier alpha value is -0.610. The third-order valence-electron chi connectivity index (χ3n) is 3.67. The molecule has 0 aromatic heterocycles. The molecule has 0 bridgehead atoms. The number of hydrogen-bond donors (Lipinski definition) is 2. The summed E-state index contributed by atoms with van der Waals surface area (Å²) in [7, 11) is 0. The van der Waals surface area contributed by atoms with Crippen molar-refractivity contribution < 1.29 is 9.53 Å². The third-order valence-corrected chi connectivity index (χ3v) is 3.67. The van der Waals surface area contributed by atoms with Gasteiger partial charge in [0.15, 0.2) is 0 Å². The molecule has 18 heavy (non-hydrogen) atoms. The highest BCUT2D eigenvalue weighted by Crippen LogP contribution is 2.26. The second kappa shape index (κ2) is 6.02. The average Bonchev–Trinajstić information content (AvgIpc) is 2.71. The number of carbonyl (C=O) groups is 1. The van der Waals surface area contributed by atoms with Crippen LogP contribution in [0.25, 0.3) is 0 Å². The summed E-state index contributed by atoms with van der Waals surface area (Å²) in [6.07, 6.45) is 1.28. The van der Waals surface area contributed by atoms with E-state index in [1.165, 1.54) is 0 Å². The zero-order chi connectivity index (χ0) is 13.9. The minimum Gasteiger partial charge on any atom is -0.378 e. The predicted molar refractivity (Wildman–Crippen MR) is 73.1 cm³/mol. The molecule has 3 atom stereocenters. The second-order valence-corrected chi connectivity index (χ2v) is 6.72. The van der Waals surface area contributed by atoms with Crippen molar-refractivity contribution in [3.05, 3.63) is 0 Å². The van der Waals surface area contributed by atoms with Crippen molar-refractivity contribution in [3.63, 3.8) is 0 Å². The first-order valence-electron chi connectivity index (χ1n) is 6.88. The third kappa shape index (κ3) is 3.95. The lowest BCUT2D eigenvalue weighted by Crippen LogP contribution is -2.50. The van der Waals surface area contributed by atoms with Gasteiger partial charge in [0, 0.05) is 19.1 Å². The van der Waals surface area contributed by atoms with Gasteiger partial charge in [-0.05, 0) is 17.8 Å². The minimum atomic E-state index is -0.461. The van der Waals surface area contributed by atoms with Gasteiger partial charge in [0.2, 0.25) is 5.91 Å². The van der Waals surface area contributed by atoms with Gasteiger partial charge in [0.25, 0.3) is 0 Å². The van der Waals surface area contributed by atoms with Crippen LogP contribution in [0.5, 0.6) is 0 Å². The maximum Gasteiger partial charge on any atom is 0.237 e. The molecule has 2 unspecified atom stereocenters. The zero-order valence-electron chi connectivity index (χ0n) is 12.3. The van der Waals surface area contributed by atoms with Crippen LogP contribution < -0.4 is 11.1 Å². The number of carbonyl (C=O) groups excluding carboxylic acids is 1. The summed E-state index contributed by atoms with van der Waals surface area (Å²) >= 11 is 0. The van der Waals surface area contributed by atoms with Crippen LogP contribution in [0.15, 0.2) is 0 Å². The summed E-state index contributed by atoms with van der Waals surface area (Å²) < 4.78 is 5.70. The Balaban J connectivity index is 2.43. The van der Waals surface area contributed by atoms with Gasteiger partial charge in [-0.2, -0.15) is 0 Å². The fraction of sp³-hybridized carbons (Fsp3) is 0.929. The maximum atomic E-state index is 11.9. The van der Waals surface area contributed by atoms with Crippen molar-refractivity contribution >= 4 is 5.91 Å². The Morgan fingerprint density at radius 2 is 2.06 bits per heavy atom. The fourth-order valence-electron chi connectivity index (χ4n) is 2.35. The summed E-state index contributed by atoms with van der Waals surface area (Å²) in [6.45, 7) is 11.7. The highest BCUT2D eigenvalue weighted by Gasteiger charge is 2.32. The molecule has 0 saturated carbocycles. The quantitative estimate of drug-likeness (QED) is 0.802. The van der Waals surface area contributed by atoms with Crippen molar-refractivity contribution in [2.75, 3.05) is 13.2 Å². The van der Waals surface area contributed by atoms with Crippen LogP contribution in [0.4, 0.5) is 0 Å². The molecule has 0 aliphatic carbocycles. The van der Waals surface area contributed by atoms with Crippen molar-refractivity contribution in [1.29, 1.82) is 0 Å². The molecule has 3 N–H and O–H groups in total. The van der Waals surface area contributed by atoms with Gasteiger partial charge in [-0.15, -0.1) is 0 Å². The van der Waals surface area contributed by atoms with E-state index >= 15 is 0 Å². The van der Waals surface area contributed by atoms with Crippen LogP contribution in [0.3, 0.4) is 0 Å². The van der Waals surface area contributed by atoms with E-state index in [1.54, 1.807) is 0 Å². The number of nitrogens with one attached hydrogen (secondary N) is 1. The Bertz CT molecular complexity index is 284. The second-order valence-electron chi connectivity index (χ2n) is 6.72. The number of nitrogens with two attached hydrogens (primary N) is 1. The summed E-state index contributed by atoms with van der Waals surface area (Å²) in [6, 6.07) is -0.461. The van der Waals surface area contributed by atoms with Gasteiger partial charge in [0.05, 0.1) is 12.1 Å². The normalized spacial score (nSPS) is 26.4. The van der Waals surface area contributed by atoms with Crippen molar-refractivity contribution in [2.24, 2.45) is 23.0 Å². The largest absolute Gasteiger partial charge is 0.378 e. The lowest BCUT2D eigenvalue weighted by molar-refractivity contribution is -0.124. The Morgan fingerprint density at radius 1 is 1.44 bits per heavy atom. The highest BCUT2D eigenvalue weighted by atomic mass is 16.5. The van der Waals surface area contributed by atoms with Crippen LogP contribution in [-0.2, 0) is 9.53 Å². The SMILES string of the molecule is CC(C)C1OCCC1CNC(=O)[C@@H](N)C(C)(C)C. The van der Waals surface area contributed by atoms with E-state index in [0.29, 0.717) is 18.4 Å². The molecule has 106 valence electrons. The standard InChI is InChI=1S/C14H28N2O2/c1-9(2)11-10(6-7-18-11)8-16-13(17)12(15)14(3,4)5/h9-12H,6-8,15H2,1-5H3,(H,16,17)/t10?,11?,12-/m1/s1. The molecule has 4 nitrogen and oxygen atoms in total. The zero-order valence-corrected chi connectivity index (χ0v) is 12.3. The maximum absolute atomic E-state index is 11.9. The smallest absolute Gasteiger partial charge is 0.237 e. The predicted octanol–water partition coefficient (Wildman–Crippen LogP) is 1.54. The van der Waals surface area contributed by atoms with Crippen LogP contribution >= 0.6 is 0 Å². The van der Waals surface area contributed by atoms with Gasteiger partial charge >= 0.3 is 0 Å². The molecular weight excluding hydrogens is 228 g/mol. The highest BCUT2D eigenvalue weighted by molar-refractivity contribution is 5.82. The summed E-state index contributed by atoms with van der Waals surface area (Å²) in [5.74, 6) is 0.851. The lowest BCUT2D eigenvalue weighted by Gasteiger charge is -2.27. The van der Waals surface area contributed by atoms with E-state index in [0.717, 1.165) is 13.0 Å². The van der Waals surface area contributed by atoms with Crippen molar-refractivity contribution in [2.45, 2.75) is 53.2 Å². The van der Waals surface area contributed by atoms with E-state index in [-0.39, 0.29) is 17.4 Å². The first-order valence-corrected chi connectivity index (χ1v) is 6.88. The molecule has 1 saturated heterocycles.